The Morgan fingerprint density at radius 1 is 1.17 bits per heavy atom. The van der Waals surface area contributed by atoms with Crippen LogP contribution >= 0.6 is 7.80 Å². The first-order chi connectivity index (χ1) is 2.89. The Hall–Kier alpha value is 0.495. The van der Waals surface area contributed by atoms with Gasteiger partial charge in [-0.2, -0.15) is 0 Å². The number of rotatable bonds is 0. The van der Waals surface area contributed by atoms with Gasteiger partial charge in [0.05, 0.1) is 0 Å². The van der Waals surface area contributed by atoms with Crippen molar-refractivity contribution in [1.82, 2.24) is 0 Å². The van der Waals surface area contributed by atoms with Crippen LogP contribution < -0.4 is 0 Å². The summed E-state index contributed by atoms with van der Waals surface area (Å²) in [5, 5.41) is 0. The molecule has 1 rings (SSSR count). The Morgan fingerprint density at radius 3 is 1.83 bits per heavy atom. The minimum atomic E-state index is 0.535. The van der Waals surface area contributed by atoms with Crippen molar-refractivity contribution in [1.29, 1.82) is 0 Å². The molecule has 0 unspecified atom stereocenters. The van der Waals surface area contributed by atoms with Gasteiger partial charge in [0.25, 0.3) is 0 Å². The first-order valence-electron chi connectivity index (χ1n) is 2.58. The lowest BCUT2D eigenvalue weighted by Crippen LogP contribution is -1.68. The quantitative estimate of drug-likeness (QED) is 0.312. The van der Waals surface area contributed by atoms with Crippen molar-refractivity contribution in [3.63, 3.8) is 0 Å². The van der Waals surface area contributed by atoms with Gasteiger partial charge in [-0.15, -0.1) is 7.80 Å². The normalized spacial score (nSPS) is 25.3. The lowest BCUT2D eigenvalue weighted by Gasteiger charge is -1.93. The van der Waals surface area contributed by atoms with Gasteiger partial charge in [-0.25, -0.2) is 0 Å². The van der Waals surface area contributed by atoms with Gasteiger partial charge in [0.15, 0.2) is 0 Å². The molecule has 6 heavy (non-hydrogen) atoms. The molecular formula is C4H10BP. The van der Waals surface area contributed by atoms with Gasteiger partial charge in [-0.3, -0.25) is 0 Å². The molecule has 0 radical (unpaired) electrons. The van der Waals surface area contributed by atoms with Crippen LogP contribution in [-0.4, -0.2) is 19.9 Å². The molecule has 0 spiro atoms. The smallest absolute Gasteiger partial charge is 0.134 e. The van der Waals surface area contributed by atoms with Crippen LogP contribution in [0.25, 0.3) is 0 Å². The van der Waals surface area contributed by atoms with E-state index in [1.54, 1.807) is 12.3 Å². The standard InChI is InChI=1S/C4H10BP/c5-6-3-1-2-4-6/h1-5H2. The van der Waals surface area contributed by atoms with E-state index < -0.39 is 0 Å². The Balaban J connectivity index is 2.18. The summed E-state index contributed by atoms with van der Waals surface area (Å²) in [5.41, 5.74) is 0. The van der Waals surface area contributed by atoms with Crippen LogP contribution in [0.2, 0.25) is 0 Å². The second kappa shape index (κ2) is 1.98. The van der Waals surface area contributed by atoms with Crippen LogP contribution in [0.15, 0.2) is 0 Å². The van der Waals surface area contributed by atoms with Gasteiger partial charge >= 0.3 is 0 Å². The zero-order valence-electron chi connectivity index (χ0n) is 4.28. The summed E-state index contributed by atoms with van der Waals surface area (Å²) in [6, 6.07) is 0. The summed E-state index contributed by atoms with van der Waals surface area (Å²) in [7, 11) is 2.94. The van der Waals surface area contributed by atoms with Gasteiger partial charge in [-0.05, 0) is 25.2 Å². The van der Waals surface area contributed by atoms with Crippen molar-refractivity contribution in [2.75, 3.05) is 12.3 Å². The van der Waals surface area contributed by atoms with Crippen LogP contribution in [0, 0.1) is 0 Å². The van der Waals surface area contributed by atoms with Gasteiger partial charge < -0.3 is 0 Å². The van der Waals surface area contributed by atoms with Crippen LogP contribution in [0.5, 0.6) is 0 Å². The molecule has 0 atom stereocenters. The summed E-state index contributed by atoms with van der Waals surface area (Å²) in [4.78, 5) is 0. The molecule has 0 amide bonds. The van der Waals surface area contributed by atoms with Crippen LogP contribution in [0.4, 0.5) is 0 Å². The molecule has 34 valence electrons. The third-order valence-corrected chi connectivity index (χ3v) is 3.49. The predicted molar refractivity (Wildman–Crippen MR) is 34.4 cm³/mol. The van der Waals surface area contributed by atoms with Crippen LogP contribution in [-0.2, 0) is 0 Å². The maximum atomic E-state index is 2.41. The van der Waals surface area contributed by atoms with Gasteiger partial charge in [-0.1, -0.05) is 0 Å². The Morgan fingerprint density at radius 2 is 1.67 bits per heavy atom. The number of hydrogen-bond acceptors (Lipinski definition) is 0. The SMILES string of the molecule is BP1CCCC1. The second-order valence-electron chi connectivity index (χ2n) is 2.01. The largest absolute Gasteiger partial charge is 0.149 e. The summed E-state index contributed by atoms with van der Waals surface area (Å²) < 4.78 is 0. The van der Waals surface area contributed by atoms with Crippen LogP contribution in [0.3, 0.4) is 0 Å². The van der Waals surface area contributed by atoms with Gasteiger partial charge in [0.2, 0.25) is 0 Å². The lowest BCUT2D eigenvalue weighted by molar-refractivity contribution is 0.949. The van der Waals surface area contributed by atoms with Crippen molar-refractivity contribution >= 4 is 15.4 Å². The van der Waals surface area contributed by atoms with E-state index >= 15 is 0 Å². The summed E-state index contributed by atoms with van der Waals surface area (Å²) >= 11 is 0. The molecule has 1 aliphatic rings. The first-order valence-corrected chi connectivity index (χ1v) is 4.74. The van der Waals surface area contributed by atoms with Gasteiger partial charge in [0, 0.05) is 0 Å². The van der Waals surface area contributed by atoms with Gasteiger partial charge in [0.1, 0.15) is 7.57 Å². The summed E-state index contributed by atoms with van der Waals surface area (Å²) in [5.74, 6) is 0. The molecule has 1 fully saturated rings. The third-order valence-electron chi connectivity index (χ3n) is 1.33. The maximum Gasteiger partial charge on any atom is 0.134 e. The average molecular weight is 99.9 g/mol. The first kappa shape index (κ1) is 4.65. The fourth-order valence-electron chi connectivity index (χ4n) is 0.875. The highest BCUT2D eigenvalue weighted by molar-refractivity contribution is 7.82. The number of hydrogen-bond donors (Lipinski definition) is 0. The fourth-order valence-corrected chi connectivity index (χ4v) is 2.63. The summed E-state index contributed by atoms with van der Waals surface area (Å²) in [6.07, 6.45) is 6.13. The predicted octanol–water partition coefficient (Wildman–Crippen LogP) is 0.810. The highest BCUT2D eigenvalue weighted by atomic mass is 31.1. The molecule has 2 heteroatoms. The molecule has 0 N–H and O–H groups in total. The molecule has 0 saturated carbocycles. The minimum absolute atomic E-state index is 0.535. The van der Waals surface area contributed by atoms with E-state index in [0.29, 0.717) is 7.80 Å². The van der Waals surface area contributed by atoms with Crippen molar-refractivity contribution in [3.8, 4) is 0 Å². The molecule has 0 aromatic heterocycles. The van der Waals surface area contributed by atoms with E-state index in [1.165, 1.54) is 12.8 Å². The lowest BCUT2D eigenvalue weighted by atomic mass is 10.4. The molecule has 0 nitrogen and oxygen atoms in total. The zero-order chi connectivity index (χ0) is 4.41. The fraction of sp³-hybridized carbons (Fsp3) is 1.00. The van der Waals surface area contributed by atoms with E-state index in [4.69, 9.17) is 0 Å². The Labute approximate surface area is 41.4 Å². The molecule has 0 bridgehead atoms. The van der Waals surface area contributed by atoms with Crippen molar-refractivity contribution in [2.45, 2.75) is 12.8 Å². The second-order valence-corrected chi connectivity index (χ2v) is 4.62. The minimum Gasteiger partial charge on any atom is -0.149 e. The van der Waals surface area contributed by atoms with E-state index in [0.717, 1.165) is 0 Å². The molecule has 0 aromatic carbocycles. The molecule has 1 aliphatic heterocycles. The highest BCUT2D eigenvalue weighted by Gasteiger charge is 2.06. The topological polar surface area (TPSA) is 0 Å². The van der Waals surface area contributed by atoms with E-state index in [9.17, 15) is 0 Å². The van der Waals surface area contributed by atoms with Crippen molar-refractivity contribution < 1.29 is 0 Å². The monoisotopic (exact) mass is 100 g/mol. The maximum absolute atomic E-state index is 2.41. The molecular weight excluding hydrogens is 89.8 g/mol. The zero-order valence-corrected chi connectivity index (χ0v) is 5.17. The van der Waals surface area contributed by atoms with Crippen molar-refractivity contribution in [2.24, 2.45) is 0 Å². The third kappa shape index (κ3) is 0.977. The Bertz CT molecular complexity index is 40.8. The van der Waals surface area contributed by atoms with E-state index in [2.05, 4.69) is 7.57 Å². The Kier molecular flexibility index (Phi) is 1.53. The molecule has 1 saturated heterocycles. The van der Waals surface area contributed by atoms with E-state index in [1.807, 2.05) is 0 Å². The average Bonchev–Trinajstić information content (AvgIpc) is 1.86. The highest BCUT2D eigenvalue weighted by Crippen LogP contribution is 2.37. The van der Waals surface area contributed by atoms with Crippen molar-refractivity contribution in [3.05, 3.63) is 0 Å². The molecule has 1 heterocycles. The van der Waals surface area contributed by atoms with E-state index in [-0.39, 0.29) is 0 Å². The molecule has 0 aliphatic carbocycles. The molecule has 0 aromatic rings. The summed E-state index contributed by atoms with van der Waals surface area (Å²) in [6.45, 7) is 0. The van der Waals surface area contributed by atoms with Crippen LogP contribution in [0.1, 0.15) is 12.8 Å².